The summed E-state index contributed by atoms with van der Waals surface area (Å²) < 4.78 is 0. The van der Waals surface area contributed by atoms with Crippen LogP contribution in [0.2, 0.25) is 5.02 Å². The van der Waals surface area contributed by atoms with Gasteiger partial charge in [0, 0.05) is 30.7 Å². The van der Waals surface area contributed by atoms with E-state index >= 15 is 0 Å². The lowest BCUT2D eigenvalue weighted by molar-refractivity contribution is 0.0147. The van der Waals surface area contributed by atoms with Crippen molar-refractivity contribution >= 4 is 17.5 Å². The van der Waals surface area contributed by atoms with Crippen LogP contribution in [0.4, 0.5) is 0 Å². The summed E-state index contributed by atoms with van der Waals surface area (Å²) in [6, 6.07) is 11.5. The number of fused-ring (bicyclic) bond motifs is 2. The Bertz CT molecular complexity index is 746. The van der Waals surface area contributed by atoms with Gasteiger partial charge in [-0.1, -0.05) is 23.7 Å². The summed E-state index contributed by atoms with van der Waals surface area (Å²) in [6.45, 7) is 1.58. The van der Waals surface area contributed by atoms with Crippen molar-refractivity contribution in [2.45, 2.75) is 12.1 Å². The quantitative estimate of drug-likeness (QED) is 0.812. The number of benzene rings is 1. The van der Waals surface area contributed by atoms with Crippen LogP contribution in [-0.2, 0) is 12.1 Å². The topological polar surface area (TPSA) is 36.4 Å². The number of carbonyl (C=O) groups excluding carboxylic acids is 1. The first-order valence-corrected chi connectivity index (χ1v) is 7.74. The highest BCUT2D eigenvalue weighted by Gasteiger charge is 2.52. The fraction of sp³-hybridized carbons (Fsp3) is 0.294. The van der Waals surface area contributed by atoms with Crippen LogP contribution in [0, 0.1) is 0 Å². The Kier molecular flexibility index (Phi) is 2.99. The van der Waals surface area contributed by atoms with Crippen LogP contribution in [0.3, 0.4) is 0 Å². The predicted molar refractivity (Wildman–Crippen MR) is 84.7 cm³/mol. The number of amides is 1. The van der Waals surface area contributed by atoms with E-state index in [0.717, 1.165) is 29.9 Å². The van der Waals surface area contributed by atoms with Crippen LogP contribution in [0.15, 0.2) is 42.6 Å². The summed E-state index contributed by atoms with van der Waals surface area (Å²) in [5.74, 6) is 0.0636. The zero-order chi connectivity index (χ0) is 15.3. The molecule has 1 unspecified atom stereocenters. The van der Waals surface area contributed by atoms with Crippen molar-refractivity contribution in [3.05, 3.63) is 64.4 Å². The molecule has 4 rings (SSSR count). The summed E-state index contributed by atoms with van der Waals surface area (Å²) in [5.41, 5.74) is 2.22. The number of rotatable bonds is 1. The summed E-state index contributed by atoms with van der Waals surface area (Å²) in [7, 11) is 2.07. The average molecular weight is 314 g/mol. The molecule has 1 atom stereocenters. The Morgan fingerprint density at radius 2 is 1.95 bits per heavy atom. The summed E-state index contributed by atoms with van der Waals surface area (Å²) in [5, 5.41) is 0.702. The van der Waals surface area contributed by atoms with E-state index in [4.69, 9.17) is 11.6 Å². The first-order chi connectivity index (χ1) is 10.6. The first-order valence-electron chi connectivity index (χ1n) is 7.36. The fourth-order valence-corrected chi connectivity index (χ4v) is 3.80. The minimum atomic E-state index is -0.455. The molecule has 0 aliphatic carbocycles. The van der Waals surface area contributed by atoms with E-state index in [0.29, 0.717) is 11.4 Å². The summed E-state index contributed by atoms with van der Waals surface area (Å²) in [4.78, 5) is 21.6. The molecule has 1 fully saturated rings. The molecule has 2 aliphatic heterocycles. The maximum absolute atomic E-state index is 12.9. The van der Waals surface area contributed by atoms with Crippen molar-refractivity contribution in [1.29, 1.82) is 0 Å². The SMILES string of the molecule is CN1CCN2C(=O)c3cccnc3CC12c1ccc(Cl)cc1. The van der Waals surface area contributed by atoms with Crippen molar-refractivity contribution < 1.29 is 4.79 Å². The number of carbonyl (C=O) groups is 1. The molecule has 1 aromatic carbocycles. The fourth-order valence-electron chi connectivity index (χ4n) is 3.67. The molecule has 0 N–H and O–H groups in total. The molecule has 1 saturated heterocycles. The lowest BCUT2D eigenvalue weighted by Gasteiger charge is -2.46. The van der Waals surface area contributed by atoms with Gasteiger partial charge in [-0.05, 0) is 36.9 Å². The summed E-state index contributed by atoms with van der Waals surface area (Å²) >= 11 is 6.03. The Hall–Kier alpha value is -1.91. The molecule has 0 saturated carbocycles. The average Bonchev–Trinajstić information content (AvgIpc) is 2.87. The molecule has 0 radical (unpaired) electrons. The van der Waals surface area contributed by atoms with Crippen molar-refractivity contribution in [1.82, 2.24) is 14.8 Å². The second kappa shape index (κ2) is 4.80. The minimum absolute atomic E-state index is 0.0636. The number of hydrogen-bond acceptors (Lipinski definition) is 3. The Balaban J connectivity index is 1.92. The monoisotopic (exact) mass is 313 g/mol. The lowest BCUT2D eigenvalue weighted by atomic mass is 9.86. The molecule has 112 valence electrons. The summed E-state index contributed by atoms with van der Waals surface area (Å²) in [6.07, 6.45) is 2.46. The van der Waals surface area contributed by atoms with Gasteiger partial charge in [0.15, 0.2) is 0 Å². The Morgan fingerprint density at radius 3 is 2.73 bits per heavy atom. The maximum Gasteiger partial charge on any atom is 0.257 e. The molecule has 5 heteroatoms. The molecule has 1 amide bonds. The van der Waals surface area contributed by atoms with Crippen LogP contribution in [-0.4, -0.2) is 40.8 Å². The molecule has 2 aliphatic rings. The largest absolute Gasteiger partial charge is 0.314 e. The molecule has 4 nitrogen and oxygen atoms in total. The van der Waals surface area contributed by atoms with Gasteiger partial charge < -0.3 is 4.90 Å². The number of halogens is 1. The number of nitrogens with zero attached hydrogens (tertiary/aromatic N) is 3. The standard InChI is InChI=1S/C17H16ClN3O/c1-20-9-10-21-16(22)14-3-2-8-19-15(14)11-17(20,21)12-4-6-13(18)7-5-12/h2-8H,9-11H2,1H3. The highest BCUT2D eigenvalue weighted by molar-refractivity contribution is 6.30. The zero-order valence-electron chi connectivity index (χ0n) is 12.3. The maximum atomic E-state index is 12.9. The van der Waals surface area contributed by atoms with Crippen LogP contribution in [0.5, 0.6) is 0 Å². The molecule has 3 heterocycles. The van der Waals surface area contributed by atoms with Crippen LogP contribution in [0.25, 0.3) is 0 Å². The van der Waals surface area contributed by atoms with Gasteiger partial charge in [-0.25, -0.2) is 0 Å². The molecule has 2 aromatic rings. The lowest BCUT2D eigenvalue weighted by Crippen LogP contribution is -2.56. The number of aromatic nitrogens is 1. The van der Waals surface area contributed by atoms with Gasteiger partial charge >= 0.3 is 0 Å². The van der Waals surface area contributed by atoms with Crippen molar-refractivity contribution in [3.8, 4) is 0 Å². The zero-order valence-corrected chi connectivity index (χ0v) is 13.0. The van der Waals surface area contributed by atoms with E-state index < -0.39 is 5.66 Å². The smallest absolute Gasteiger partial charge is 0.257 e. The highest BCUT2D eigenvalue weighted by Crippen LogP contribution is 2.43. The molecular weight excluding hydrogens is 298 g/mol. The molecule has 0 bridgehead atoms. The second-order valence-electron chi connectivity index (χ2n) is 5.88. The molecule has 1 aromatic heterocycles. The van der Waals surface area contributed by atoms with Crippen LogP contribution in [0.1, 0.15) is 21.6 Å². The van der Waals surface area contributed by atoms with Gasteiger partial charge in [-0.3, -0.25) is 14.7 Å². The normalized spacial score (nSPS) is 24.3. The van der Waals surface area contributed by atoms with E-state index in [1.807, 2.05) is 41.3 Å². The van der Waals surface area contributed by atoms with Crippen molar-refractivity contribution in [3.63, 3.8) is 0 Å². The van der Waals surface area contributed by atoms with Gasteiger partial charge in [0.2, 0.25) is 0 Å². The molecule has 0 spiro atoms. The number of pyridine rings is 1. The Morgan fingerprint density at radius 1 is 1.18 bits per heavy atom. The minimum Gasteiger partial charge on any atom is -0.314 e. The van der Waals surface area contributed by atoms with Gasteiger partial charge in [0.05, 0.1) is 11.3 Å². The Labute approximate surface area is 134 Å². The van der Waals surface area contributed by atoms with Crippen molar-refractivity contribution in [2.75, 3.05) is 20.1 Å². The number of likely N-dealkylation sites (N-methyl/N-ethyl adjacent to an activating group) is 1. The van der Waals surface area contributed by atoms with Gasteiger partial charge in [0.1, 0.15) is 5.66 Å². The van der Waals surface area contributed by atoms with Crippen LogP contribution >= 0.6 is 11.6 Å². The van der Waals surface area contributed by atoms with Gasteiger partial charge in [-0.2, -0.15) is 0 Å². The third-order valence-electron chi connectivity index (χ3n) is 4.82. The molecule has 22 heavy (non-hydrogen) atoms. The highest BCUT2D eigenvalue weighted by atomic mass is 35.5. The first kappa shape index (κ1) is 13.7. The number of hydrogen-bond donors (Lipinski definition) is 0. The molecular formula is C17H16ClN3O. The van der Waals surface area contributed by atoms with E-state index in [2.05, 4.69) is 16.9 Å². The van der Waals surface area contributed by atoms with E-state index in [9.17, 15) is 4.79 Å². The van der Waals surface area contributed by atoms with Crippen LogP contribution < -0.4 is 0 Å². The van der Waals surface area contributed by atoms with Gasteiger partial charge in [0.25, 0.3) is 5.91 Å². The third kappa shape index (κ3) is 1.74. The second-order valence-corrected chi connectivity index (χ2v) is 6.31. The van der Waals surface area contributed by atoms with E-state index in [1.165, 1.54) is 0 Å². The van der Waals surface area contributed by atoms with E-state index in [-0.39, 0.29) is 5.91 Å². The third-order valence-corrected chi connectivity index (χ3v) is 5.08. The van der Waals surface area contributed by atoms with Gasteiger partial charge in [-0.15, -0.1) is 0 Å². The van der Waals surface area contributed by atoms with E-state index in [1.54, 1.807) is 6.20 Å². The predicted octanol–water partition coefficient (Wildman–Crippen LogP) is 2.53. The van der Waals surface area contributed by atoms with Crippen molar-refractivity contribution in [2.24, 2.45) is 0 Å².